The van der Waals surface area contributed by atoms with Gasteiger partial charge in [0.05, 0.1) is 3.58 Å². The van der Waals surface area contributed by atoms with Gasteiger partial charge in [0.25, 0.3) is 11.8 Å². The maximum atomic E-state index is 10.4. The summed E-state index contributed by atoms with van der Waals surface area (Å²) in [6, 6.07) is 0. The zero-order valence-electron chi connectivity index (χ0n) is 3.77. The first-order valence-electron chi connectivity index (χ1n) is 1.92. The third-order valence-electron chi connectivity index (χ3n) is 0.711. The van der Waals surface area contributed by atoms with Crippen LogP contribution < -0.4 is 5.32 Å². The third kappa shape index (κ3) is 0.885. The van der Waals surface area contributed by atoms with Crippen LogP contribution in [0.3, 0.4) is 0 Å². The summed E-state index contributed by atoms with van der Waals surface area (Å²) >= 11 is 1.80. The van der Waals surface area contributed by atoms with E-state index in [0.717, 1.165) is 0 Å². The molecule has 0 aromatic heterocycles. The molecule has 1 heterocycles. The molecule has 0 bridgehead atoms. The first kappa shape index (κ1) is 5.74. The molecule has 0 fully saturated rings. The summed E-state index contributed by atoms with van der Waals surface area (Å²) in [5, 5.41) is 2.09. The minimum absolute atomic E-state index is 0.296. The van der Waals surface area contributed by atoms with E-state index in [1.165, 1.54) is 6.08 Å². The van der Waals surface area contributed by atoms with Crippen molar-refractivity contribution < 1.29 is 9.59 Å². The van der Waals surface area contributed by atoms with Crippen LogP contribution in [0.25, 0.3) is 0 Å². The molecule has 0 unspecified atom stereocenters. The topological polar surface area (TPSA) is 46.2 Å². The molecule has 4 heteroatoms. The molecule has 3 nitrogen and oxygen atoms in total. The Morgan fingerprint density at radius 1 is 1.50 bits per heavy atom. The lowest BCUT2D eigenvalue weighted by Gasteiger charge is -1.83. The Hall–Kier alpha value is -0.390. The minimum atomic E-state index is -0.320. The van der Waals surface area contributed by atoms with Crippen LogP contribution >= 0.6 is 22.6 Å². The molecule has 1 aliphatic heterocycles. The molecular weight excluding hydrogens is 221 g/mol. The standard InChI is InChI=1S/C4H2INO2/c5-2-1-3(7)6-4(2)8/h1H,(H,6,7,8). The van der Waals surface area contributed by atoms with E-state index >= 15 is 0 Å². The number of imide groups is 1. The third-order valence-corrected chi connectivity index (χ3v) is 1.51. The molecule has 0 aromatic rings. The summed E-state index contributed by atoms with van der Waals surface area (Å²) in [6.07, 6.45) is 1.27. The summed E-state index contributed by atoms with van der Waals surface area (Å²) in [6.45, 7) is 0. The second kappa shape index (κ2) is 1.85. The van der Waals surface area contributed by atoms with Gasteiger partial charge in [-0.2, -0.15) is 0 Å². The molecule has 0 spiro atoms. The highest BCUT2D eigenvalue weighted by molar-refractivity contribution is 14.1. The fourth-order valence-corrected chi connectivity index (χ4v) is 0.806. The van der Waals surface area contributed by atoms with Gasteiger partial charge in [0, 0.05) is 6.08 Å². The SMILES string of the molecule is O=C1C=C(I)C(=O)N1. The van der Waals surface area contributed by atoms with E-state index in [1.54, 1.807) is 22.6 Å². The van der Waals surface area contributed by atoms with E-state index in [2.05, 4.69) is 5.32 Å². The van der Waals surface area contributed by atoms with E-state index < -0.39 is 0 Å². The second-order valence-corrected chi connectivity index (χ2v) is 2.47. The van der Waals surface area contributed by atoms with Crippen LogP contribution in [0.5, 0.6) is 0 Å². The van der Waals surface area contributed by atoms with Crippen molar-refractivity contribution in [3.8, 4) is 0 Å². The summed E-state index contributed by atoms with van der Waals surface area (Å²) < 4.78 is 0.451. The summed E-state index contributed by atoms with van der Waals surface area (Å²) in [5.74, 6) is -0.616. The number of carbonyl (C=O) groups excluding carboxylic acids is 2. The van der Waals surface area contributed by atoms with Gasteiger partial charge in [-0.05, 0) is 22.6 Å². The van der Waals surface area contributed by atoms with E-state index in [4.69, 9.17) is 0 Å². The van der Waals surface area contributed by atoms with Gasteiger partial charge in [0.1, 0.15) is 0 Å². The quantitative estimate of drug-likeness (QED) is 0.462. The zero-order valence-corrected chi connectivity index (χ0v) is 5.93. The monoisotopic (exact) mass is 223 g/mol. The van der Waals surface area contributed by atoms with Crippen molar-refractivity contribution in [3.63, 3.8) is 0 Å². The molecule has 2 amide bonds. The maximum absolute atomic E-state index is 10.4. The minimum Gasteiger partial charge on any atom is -0.288 e. The zero-order chi connectivity index (χ0) is 6.15. The number of hydrogen-bond acceptors (Lipinski definition) is 2. The number of amides is 2. The molecular formula is C4H2INO2. The van der Waals surface area contributed by atoms with Crippen molar-refractivity contribution in [2.24, 2.45) is 0 Å². The number of nitrogens with one attached hydrogen (secondary N) is 1. The normalized spacial score (nSPS) is 18.4. The molecule has 0 saturated carbocycles. The van der Waals surface area contributed by atoms with Crippen molar-refractivity contribution in [2.45, 2.75) is 0 Å². The molecule has 42 valence electrons. The fourth-order valence-electron chi connectivity index (χ4n) is 0.388. The predicted octanol–water partition coefficient (Wildman–Crippen LogP) is -0.0383. The number of rotatable bonds is 0. The Morgan fingerprint density at radius 3 is 2.25 bits per heavy atom. The molecule has 8 heavy (non-hydrogen) atoms. The largest absolute Gasteiger partial charge is 0.288 e. The van der Waals surface area contributed by atoms with Crippen LogP contribution in [-0.4, -0.2) is 11.8 Å². The Bertz CT molecular complexity index is 184. The van der Waals surface area contributed by atoms with Gasteiger partial charge < -0.3 is 0 Å². The fraction of sp³-hybridized carbons (Fsp3) is 0. The Labute approximate surface area is 59.3 Å². The highest BCUT2D eigenvalue weighted by Crippen LogP contribution is 2.09. The summed E-state index contributed by atoms with van der Waals surface area (Å²) in [5.41, 5.74) is 0. The average Bonchev–Trinajstić information content (AvgIpc) is 1.85. The van der Waals surface area contributed by atoms with E-state index in [9.17, 15) is 9.59 Å². The van der Waals surface area contributed by atoms with Crippen molar-refractivity contribution in [1.82, 2.24) is 5.32 Å². The van der Waals surface area contributed by atoms with Crippen molar-refractivity contribution in [1.29, 1.82) is 0 Å². The van der Waals surface area contributed by atoms with Crippen LogP contribution in [0.15, 0.2) is 9.66 Å². The summed E-state index contributed by atoms with van der Waals surface area (Å²) in [4.78, 5) is 20.6. The van der Waals surface area contributed by atoms with Gasteiger partial charge in [-0.3, -0.25) is 14.9 Å². The molecule has 0 aliphatic carbocycles. The van der Waals surface area contributed by atoms with E-state index in [-0.39, 0.29) is 11.8 Å². The van der Waals surface area contributed by atoms with Crippen LogP contribution in [0.2, 0.25) is 0 Å². The predicted molar refractivity (Wildman–Crippen MR) is 35.3 cm³/mol. The highest BCUT2D eigenvalue weighted by atomic mass is 127. The lowest BCUT2D eigenvalue weighted by Crippen LogP contribution is -2.21. The molecule has 0 saturated heterocycles. The van der Waals surface area contributed by atoms with E-state index in [1.807, 2.05) is 0 Å². The Morgan fingerprint density at radius 2 is 2.12 bits per heavy atom. The molecule has 1 aliphatic rings. The lowest BCUT2D eigenvalue weighted by atomic mass is 10.6. The van der Waals surface area contributed by atoms with Gasteiger partial charge in [0.2, 0.25) is 0 Å². The van der Waals surface area contributed by atoms with Crippen molar-refractivity contribution in [3.05, 3.63) is 9.66 Å². The van der Waals surface area contributed by atoms with Crippen LogP contribution in [0, 0.1) is 0 Å². The van der Waals surface area contributed by atoms with Gasteiger partial charge in [-0.1, -0.05) is 0 Å². The molecule has 1 rings (SSSR count). The molecule has 0 aromatic carbocycles. The van der Waals surface area contributed by atoms with Gasteiger partial charge in [-0.15, -0.1) is 0 Å². The first-order chi connectivity index (χ1) is 3.70. The van der Waals surface area contributed by atoms with Crippen molar-refractivity contribution >= 4 is 34.4 Å². The van der Waals surface area contributed by atoms with E-state index in [0.29, 0.717) is 3.58 Å². The molecule has 0 radical (unpaired) electrons. The van der Waals surface area contributed by atoms with Gasteiger partial charge >= 0.3 is 0 Å². The Balaban J connectivity index is 2.88. The second-order valence-electron chi connectivity index (χ2n) is 1.31. The molecule has 1 N–H and O–H groups in total. The summed E-state index contributed by atoms with van der Waals surface area (Å²) in [7, 11) is 0. The maximum Gasteiger partial charge on any atom is 0.264 e. The number of hydrogen-bond donors (Lipinski definition) is 1. The van der Waals surface area contributed by atoms with Crippen LogP contribution in [0.4, 0.5) is 0 Å². The first-order valence-corrected chi connectivity index (χ1v) is 3.00. The van der Waals surface area contributed by atoms with Crippen molar-refractivity contribution in [2.75, 3.05) is 0 Å². The average molecular weight is 223 g/mol. The van der Waals surface area contributed by atoms with Crippen LogP contribution in [-0.2, 0) is 9.59 Å². The number of halogens is 1. The number of carbonyl (C=O) groups is 2. The van der Waals surface area contributed by atoms with Gasteiger partial charge in [-0.25, -0.2) is 0 Å². The molecule has 0 atom stereocenters. The highest BCUT2D eigenvalue weighted by Gasteiger charge is 2.16. The van der Waals surface area contributed by atoms with Gasteiger partial charge in [0.15, 0.2) is 0 Å². The smallest absolute Gasteiger partial charge is 0.264 e. The Kier molecular flexibility index (Phi) is 1.33. The van der Waals surface area contributed by atoms with Crippen LogP contribution in [0.1, 0.15) is 0 Å². The lowest BCUT2D eigenvalue weighted by molar-refractivity contribution is -0.123.